The van der Waals surface area contributed by atoms with E-state index in [0.29, 0.717) is 25.7 Å². The zero-order chi connectivity index (χ0) is 14.3. The van der Waals surface area contributed by atoms with Crippen LogP contribution in [0.4, 0.5) is 0 Å². The summed E-state index contributed by atoms with van der Waals surface area (Å²) in [6.45, 7) is 2.79. The Morgan fingerprint density at radius 1 is 1.58 bits per heavy atom. The molecule has 19 heavy (non-hydrogen) atoms. The average Bonchev–Trinajstić information content (AvgIpc) is 2.69. The lowest BCUT2D eigenvalue weighted by Crippen LogP contribution is -2.49. The predicted octanol–water partition coefficient (Wildman–Crippen LogP) is -1.16. The third-order valence-electron chi connectivity index (χ3n) is 3.14. The van der Waals surface area contributed by atoms with Crippen LogP contribution in [0.15, 0.2) is 4.99 Å². The van der Waals surface area contributed by atoms with Gasteiger partial charge in [-0.2, -0.15) is 0 Å². The molecule has 4 N–H and O–H groups in total. The van der Waals surface area contributed by atoms with E-state index < -0.39 is 0 Å². The molecule has 0 aromatic carbocycles. The molecule has 112 valence electrons. The van der Waals surface area contributed by atoms with Crippen LogP contribution in [0.5, 0.6) is 0 Å². The minimum absolute atomic E-state index is 0.238. The number of β-amino-alcohol motifs (C(OH)–C–C–N with tert-alkyl or cyclic N) is 1. The molecule has 1 fully saturated rings. The molecule has 0 saturated carbocycles. The van der Waals surface area contributed by atoms with Gasteiger partial charge in [-0.3, -0.25) is 10.4 Å². The quantitative estimate of drug-likeness (QED) is 0.186. The first-order valence-electron chi connectivity index (χ1n) is 6.68. The van der Waals surface area contributed by atoms with Gasteiger partial charge >= 0.3 is 0 Å². The van der Waals surface area contributed by atoms with Crippen LogP contribution < -0.4 is 11.3 Å². The summed E-state index contributed by atoms with van der Waals surface area (Å²) in [5.74, 6) is 6.21. The third kappa shape index (κ3) is 5.32. The van der Waals surface area contributed by atoms with E-state index in [1.54, 1.807) is 7.11 Å². The molecule has 7 heteroatoms. The number of nitrogens with two attached hydrogens (primary N) is 1. The summed E-state index contributed by atoms with van der Waals surface area (Å²) in [6.07, 6.45) is 1.29. The fraction of sp³-hybridized carbons (Fsp3) is 0.917. The summed E-state index contributed by atoms with van der Waals surface area (Å²) in [7, 11) is 5.72. The lowest BCUT2D eigenvalue weighted by Gasteiger charge is -2.29. The Kier molecular flexibility index (Phi) is 7.07. The van der Waals surface area contributed by atoms with Crippen molar-refractivity contribution in [3.05, 3.63) is 0 Å². The highest BCUT2D eigenvalue weighted by Gasteiger charge is 2.33. The minimum atomic E-state index is -0.317. The molecule has 0 aromatic heterocycles. The maximum absolute atomic E-state index is 9.83. The first-order valence-corrected chi connectivity index (χ1v) is 6.68. The molecule has 0 aromatic rings. The summed E-state index contributed by atoms with van der Waals surface area (Å²) < 4.78 is 4.99. The number of hydrogen-bond acceptors (Lipinski definition) is 5. The van der Waals surface area contributed by atoms with E-state index in [-0.39, 0.29) is 12.1 Å². The Morgan fingerprint density at radius 3 is 2.89 bits per heavy atom. The molecule has 0 bridgehead atoms. The van der Waals surface area contributed by atoms with Gasteiger partial charge in [0.05, 0.1) is 6.10 Å². The van der Waals surface area contributed by atoms with Crippen LogP contribution in [-0.4, -0.2) is 80.5 Å². The molecule has 1 saturated heterocycles. The standard InChI is InChI=1S/C12H27N5O2/c1-16(2)8-10-7-11(18)9-17(10)12(15-13)14-5-4-6-19-3/h10-11,18H,4-9,13H2,1-3H3,(H,14,15). The number of guanidine groups is 1. The Labute approximate surface area is 115 Å². The van der Waals surface area contributed by atoms with Gasteiger partial charge < -0.3 is 19.6 Å². The van der Waals surface area contributed by atoms with Gasteiger partial charge in [0.15, 0.2) is 0 Å². The molecule has 0 amide bonds. The SMILES string of the molecule is COCCCN=C(NN)N1CC(O)CC1CN(C)C. The van der Waals surface area contributed by atoms with Crippen LogP contribution in [0.2, 0.25) is 0 Å². The van der Waals surface area contributed by atoms with Crippen molar-refractivity contribution in [2.24, 2.45) is 10.8 Å². The minimum Gasteiger partial charge on any atom is -0.391 e. The van der Waals surface area contributed by atoms with Crippen molar-refractivity contribution < 1.29 is 9.84 Å². The zero-order valence-corrected chi connectivity index (χ0v) is 12.2. The van der Waals surface area contributed by atoms with Gasteiger partial charge in [0.25, 0.3) is 0 Å². The summed E-state index contributed by atoms with van der Waals surface area (Å²) >= 11 is 0. The highest BCUT2D eigenvalue weighted by molar-refractivity contribution is 5.80. The fourth-order valence-corrected chi connectivity index (χ4v) is 2.36. The van der Waals surface area contributed by atoms with Crippen LogP contribution in [0.3, 0.4) is 0 Å². The van der Waals surface area contributed by atoms with Crippen molar-refractivity contribution in [3.63, 3.8) is 0 Å². The summed E-state index contributed by atoms with van der Waals surface area (Å²) in [4.78, 5) is 8.61. The predicted molar refractivity (Wildman–Crippen MR) is 75.8 cm³/mol. The molecule has 0 aliphatic carbocycles. The molecular formula is C12H27N5O2. The monoisotopic (exact) mass is 273 g/mol. The Bertz CT molecular complexity index is 285. The summed E-state index contributed by atoms with van der Waals surface area (Å²) in [6, 6.07) is 0.238. The number of aliphatic hydroxyl groups is 1. The van der Waals surface area contributed by atoms with Crippen molar-refractivity contribution in [3.8, 4) is 0 Å². The van der Waals surface area contributed by atoms with Crippen molar-refractivity contribution in [2.45, 2.75) is 25.0 Å². The average molecular weight is 273 g/mol. The Hall–Kier alpha value is -0.890. The molecule has 2 atom stereocenters. The molecule has 7 nitrogen and oxygen atoms in total. The summed E-state index contributed by atoms with van der Waals surface area (Å²) in [5, 5.41) is 9.83. The molecule has 2 unspecified atom stereocenters. The molecule has 1 heterocycles. The number of hydrogen-bond donors (Lipinski definition) is 3. The summed E-state index contributed by atoms with van der Waals surface area (Å²) in [5.41, 5.74) is 2.65. The van der Waals surface area contributed by atoms with E-state index in [4.69, 9.17) is 10.6 Å². The van der Waals surface area contributed by atoms with Gasteiger partial charge in [-0.25, -0.2) is 5.84 Å². The maximum Gasteiger partial charge on any atom is 0.208 e. The van der Waals surface area contributed by atoms with Gasteiger partial charge in [0.2, 0.25) is 5.96 Å². The molecule has 1 aliphatic rings. The van der Waals surface area contributed by atoms with Crippen LogP contribution in [0, 0.1) is 0 Å². The van der Waals surface area contributed by atoms with E-state index in [1.165, 1.54) is 0 Å². The number of ether oxygens (including phenoxy) is 1. The molecule has 0 radical (unpaired) electrons. The lowest BCUT2D eigenvalue weighted by molar-refractivity contribution is 0.187. The van der Waals surface area contributed by atoms with Crippen molar-refractivity contribution in [1.82, 2.24) is 15.2 Å². The van der Waals surface area contributed by atoms with Gasteiger partial charge in [0.1, 0.15) is 0 Å². The van der Waals surface area contributed by atoms with E-state index in [1.807, 2.05) is 14.1 Å². The molecule has 1 aliphatic heterocycles. The first kappa shape index (κ1) is 16.2. The van der Waals surface area contributed by atoms with E-state index in [0.717, 1.165) is 19.4 Å². The highest BCUT2D eigenvalue weighted by Crippen LogP contribution is 2.18. The smallest absolute Gasteiger partial charge is 0.208 e. The number of rotatable bonds is 6. The third-order valence-corrected chi connectivity index (χ3v) is 3.14. The fourth-order valence-electron chi connectivity index (χ4n) is 2.36. The number of likely N-dealkylation sites (N-methyl/N-ethyl adjacent to an activating group) is 1. The van der Waals surface area contributed by atoms with Gasteiger partial charge in [-0.1, -0.05) is 0 Å². The number of methoxy groups -OCH3 is 1. The van der Waals surface area contributed by atoms with E-state index in [9.17, 15) is 5.11 Å². The Balaban J connectivity index is 2.60. The van der Waals surface area contributed by atoms with Crippen molar-refractivity contribution in [2.75, 3.05) is 47.4 Å². The topological polar surface area (TPSA) is 86.3 Å². The van der Waals surface area contributed by atoms with Gasteiger partial charge in [0, 0.05) is 39.4 Å². The van der Waals surface area contributed by atoms with Crippen LogP contribution in [0.25, 0.3) is 0 Å². The second-order valence-corrected chi connectivity index (χ2v) is 5.15. The maximum atomic E-state index is 9.83. The lowest BCUT2D eigenvalue weighted by atomic mass is 10.2. The second kappa shape index (κ2) is 8.31. The number of nitrogens with one attached hydrogen (secondary N) is 1. The number of aliphatic hydroxyl groups excluding tert-OH is 1. The number of nitrogens with zero attached hydrogens (tertiary/aromatic N) is 3. The molecular weight excluding hydrogens is 246 g/mol. The van der Waals surface area contributed by atoms with Gasteiger partial charge in [-0.15, -0.1) is 0 Å². The second-order valence-electron chi connectivity index (χ2n) is 5.15. The van der Waals surface area contributed by atoms with Crippen LogP contribution in [0.1, 0.15) is 12.8 Å². The van der Waals surface area contributed by atoms with Crippen molar-refractivity contribution in [1.29, 1.82) is 0 Å². The molecule has 0 spiro atoms. The van der Waals surface area contributed by atoms with Gasteiger partial charge in [-0.05, 0) is 26.9 Å². The number of aliphatic imine (C=N–C) groups is 1. The van der Waals surface area contributed by atoms with Crippen molar-refractivity contribution >= 4 is 5.96 Å². The largest absolute Gasteiger partial charge is 0.391 e. The van der Waals surface area contributed by atoms with E-state index >= 15 is 0 Å². The van der Waals surface area contributed by atoms with E-state index in [2.05, 4.69) is 20.2 Å². The Morgan fingerprint density at radius 2 is 2.32 bits per heavy atom. The first-order chi connectivity index (χ1) is 9.08. The highest BCUT2D eigenvalue weighted by atomic mass is 16.5. The van der Waals surface area contributed by atoms with Crippen LogP contribution >= 0.6 is 0 Å². The normalized spacial score (nSPS) is 24.3. The number of hydrazine groups is 1. The number of likely N-dealkylation sites (tertiary alicyclic amines) is 1. The molecule has 1 rings (SSSR count). The van der Waals surface area contributed by atoms with Crippen LogP contribution in [-0.2, 0) is 4.74 Å². The zero-order valence-electron chi connectivity index (χ0n) is 12.2.